The van der Waals surface area contributed by atoms with Gasteiger partial charge in [-0.05, 0) is 61.9 Å². The van der Waals surface area contributed by atoms with Gasteiger partial charge in [0.1, 0.15) is 0 Å². The fourth-order valence-corrected chi connectivity index (χ4v) is 5.84. The number of aliphatic hydroxyl groups excluding tert-OH is 1. The summed E-state index contributed by atoms with van der Waals surface area (Å²) in [5, 5.41) is 10.7. The smallest absolute Gasteiger partial charge is 0.0701 e. The molecule has 3 heteroatoms. The van der Waals surface area contributed by atoms with Crippen molar-refractivity contribution in [1.82, 2.24) is 0 Å². The molecule has 2 heterocycles. The molecule has 2 unspecified atom stereocenters. The molecular formula is C18H32O2S. The second-order valence-corrected chi connectivity index (χ2v) is 8.77. The van der Waals surface area contributed by atoms with Crippen molar-refractivity contribution in [3.63, 3.8) is 0 Å². The van der Waals surface area contributed by atoms with Gasteiger partial charge in [0, 0.05) is 6.61 Å². The van der Waals surface area contributed by atoms with Crippen molar-refractivity contribution in [2.24, 2.45) is 11.8 Å². The number of hydrogen-bond acceptors (Lipinski definition) is 3. The van der Waals surface area contributed by atoms with Gasteiger partial charge in [-0.2, -0.15) is 11.8 Å². The molecule has 1 aliphatic carbocycles. The van der Waals surface area contributed by atoms with Crippen LogP contribution in [0.4, 0.5) is 0 Å². The minimum atomic E-state index is -0.0812. The summed E-state index contributed by atoms with van der Waals surface area (Å²) in [7, 11) is 0. The Morgan fingerprint density at radius 2 is 1.86 bits per heavy atom. The van der Waals surface area contributed by atoms with Crippen LogP contribution in [0.2, 0.25) is 0 Å². The lowest BCUT2D eigenvalue weighted by molar-refractivity contribution is -0.121. The topological polar surface area (TPSA) is 29.5 Å². The molecule has 3 aliphatic rings. The van der Waals surface area contributed by atoms with Crippen molar-refractivity contribution in [1.29, 1.82) is 0 Å². The molecule has 2 saturated heterocycles. The molecule has 122 valence electrons. The van der Waals surface area contributed by atoms with Crippen molar-refractivity contribution < 1.29 is 9.84 Å². The first-order valence-electron chi connectivity index (χ1n) is 9.17. The minimum Gasteiger partial charge on any atom is -0.393 e. The van der Waals surface area contributed by atoms with E-state index in [-0.39, 0.29) is 11.7 Å². The molecule has 3 rings (SSSR count). The Bertz CT molecular complexity index is 303. The first-order chi connectivity index (χ1) is 10.3. The highest BCUT2D eigenvalue weighted by atomic mass is 32.2. The molecule has 1 spiro atoms. The SMILES string of the molecule is OC(CCC1CCCCC1)C1CCOC2(CCSCC2)C1. The van der Waals surface area contributed by atoms with E-state index in [0.29, 0.717) is 5.92 Å². The Hall–Kier alpha value is 0.270. The summed E-state index contributed by atoms with van der Waals surface area (Å²) in [5.41, 5.74) is 0.125. The maximum Gasteiger partial charge on any atom is 0.0701 e. The van der Waals surface area contributed by atoms with Crippen LogP contribution in [0.1, 0.15) is 70.6 Å². The van der Waals surface area contributed by atoms with E-state index in [1.54, 1.807) is 0 Å². The number of aliphatic hydroxyl groups is 1. The van der Waals surface area contributed by atoms with Crippen LogP contribution >= 0.6 is 11.8 Å². The molecule has 2 atom stereocenters. The van der Waals surface area contributed by atoms with Crippen LogP contribution in [0.15, 0.2) is 0 Å². The largest absolute Gasteiger partial charge is 0.393 e. The van der Waals surface area contributed by atoms with Gasteiger partial charge in [0.15, 0.2) is 0 Å². The zero-order valence-corrected chi connectivity index (χ0v) is 14.2. The average molecular weight is 313 g/mol. The first-order valence-corrected chi connectivity index (χ1v) is 10.3. The molecule has 2 aliphatic heterocycles. The van der Waals surface area contributed by atoms with Crippen LogP contribution in [-0.4, -0.2) is 34.9 Å². The van der Waals surface area contributed by atoms with E-state index in [2.05, 4.69) is 11.8 Å². The van der Waals surface area contributed by atoms with E-state index < -0.39 is 0 Å². The highest BCUT2D eigenvalue weighted by Crippen LogP contribution is 2.41. The van der Waals surface area contributed by atoms with Crippen molar-refractivity contribution in [2.45, 2.75) is 82.3 Å². The van der Waals surface area contributed by atoms with Crippen molar-refractivity contribution >= 4 is 11.8 Å². The normalized spacial score (nSPS) is 32.1. The van der Waals surface area contributed by atoms with Gasteiger partial charge in [0.05, 0.1) is 11.7 Å². The Balaban J connectivity index is 1.46. The van der Waals surface area contributed by atoms with E-state index in [9.17, 15) is 5.11 Å². The predicted octanol–water partition coefficient (Wildman–Crippen LogP) is 4.40. The van der Waals surface area contributed by atoms with Gasteiger partial charge >= 0.3 is 0 Å². The van der Waals surface area contributed by atoms with Crippen molar-refractivity contribution in [3.8, 4) is 0 Å². The van der Waals surface area contributed by atoms with Crippen LogP contribution in [0.5, 0.6) is 0 Å². The summed E-state index contributed by atoms with van der Waals surface area (Å²) in [6.45, 7) is 0.871. The third kappa shape index (κ3) is 4.39. The molecule has 3 fully saturated rings. The lowest BCUT2D eigenvalue weighted by Gasteiger charge is -2.44. The Kier molecular flexibility index (Phi) is 5.92. The summed E-state index contributed by atoms with van der Waals surface area (Å²) in [6, 6.07) is 0. The van der Waals surface area contributed by atoms with Gasteiger partial charge in [-0.1, -0.05) is 32.1 Å². The zero-order chi connectivity index (χ0) is 14.5. The van der Waals surface area contributed by atoms with E-state index in [0.717, 1.165) is 31.8 Å². The van der Waals surface area contributed by atoms with Gasteiger partial charge < -0.3 is 9.84 Å². The third-order valence-corrected chi connectivity index (χ3v) is 7.06. The van der Waals surface area contributed by atoms with E-state index >= 15 is 0 Å². The lowest BCUT2D eigenvalue weighted by Crippen LogP contribution is -2.45. The highest BCUT2D eigenvalue weighted by Gasteiger charge is 2.40. The summed E-state index contributed by atoms with van der Waals surface area (Å²) in [5.74, 6) is 3.87. The number of ether oxygens (including phenoxy) is 1. The Morgan fingerprint density at radius 3 is 2.62 bits per heavy atom. The fraction of sp³-hybridized carbons (Fsp3) is 1.00. The van der Waals surface area contributed by atoms with Gasteiger partial charge in [0.25, 0.3) is 0 Å². The molecule has 1 N–H and O–H groups in total. The Morgan fingerprint density at radius 1 is 1.10 bits per heavy atom. The molecule has 0 aromatic heterocycles. The monoisotopic (exact) mass is 312 g/mol. The zero-order valence-electron chi connectivity index (χ0n) is 13.4. The van der Waals surface area contributed by atoms with Crippen LogP contribution in [0, 0.1) is 11.8 Å². The maximum absolute atomic E-state index is 10.7. The molecule has 1 saturated carbocycles. The van der Waals surface area contributed by atoms with Gasteiger partial charge in [-0.25, -0.2) is 0 Å². The summed E-state index contributed by atoms with van der Waals surface area (Å²) >= 11 is 2.06. The summed E-state index contributed by atoms with van der Waals surface area (Å²) in [6.07, 6.45) is 13.8. The molecule has 0 radical (unpaired) electrons. The van der Waals surface area contributed by atoms with Crippen LogP contribution in [-0.2, 0) is 4.74 Å². The molecule has 2 nitrogen and oxygen atoms in total. The predicted molar refractivity (Wildman–Crippen MR) is 89.8 cm³/mol. The van der Waals surface area contributed by atoms with Gasteiger partial charge in [-0.3, -0.25) is 0 Å². The van der Waals surface area contributed by atoms with E-state index in [1.807, 2.05) is 0 Å². The quantitative estimate of drug-likeness (QED) is 0.834. The van der Waals surface area contributed by atoms with E-state index in [4.69, 9.17) is 4.74 Å². The number of hydrogen-bond donors (Lipinski definition) is 1. The fourth-order valence-electron chi connectivity index (χ4n) is 4.60. The van der Waals surface area contributed by atoms with Gasteiger partial charge in [0.2, 0.25) is 0 Å². The van der Waals surface area contributed by atoms with Crippen molar-refractivity contribution in [2.75, 3.05) is 18.1 Å². The third-order valence-electron chi connectivity index (χ3n) is 6.07. The maximum atomic E-state index is 10.7. The second-order valence-electron chi connectivity index (χ2n) is 7.55. The lowest BCUT2D eigenvalue weighted by atomic mass is 9.77. The minimum absolute atomic E-state index is 0.0812. The number of rotatable bonds is 4. The average Bonchev–Trinajstić information content (AvgIpc) is 2.54. The molecule has 0 bridgehead atoms. The molecular weight excluding hydrogens is 280 g/mol. The van der Waals surface area contributed by atoms with Crippen molar-refractivity contribution in [3.05, 3.63) is 0 Å². The molecule has 0 aromatic carbocycles. The summed E-state index contributed by atoms with van der Waals surface area (Å²) < 4.78 is 6.16. The standard InChI is InChI=1S/C18H32O2S/c19-17(7-6-15-4-2-1-3-5-15)16-8-11-20-18(14-16)9-12-21-13-10-18/h15-17,19H,1-14H2. The highest BCUT2D eigenvalue weighted by molar-refractivity contribution is 7.99. The first kappa shape index (κ1) is 16.1. The molecule has 0 aromatic rings. The van der Waals surface area contributed by atoms with Gasteiger partial charge in [-0.15, -0.1) is 0 Å². The Labute approximate surface area is 134 Å². The molecule has 21 heavy (non-hydrogen) atoms. The molecule has 0 amide bonds. The second kappa shape index (κ2) is 7.70. The van der Waals surface area contributed by atoms with Crippen LogP contribution < -0.4 is 0 Å². The summed E-state index contributed by atoms with van der Waals surface area (Å²) in [4.78, 5) is 0. The van der Waals surface area contributed by atoms with E-state index in [1.165, 1.54) is 62.9 Å². The number of thioether (sulfide) groups is 1. The van der Waals surface area contributed by atoms with Crippen LogP contribution in [0.3, 0.4) is 0 Å². The van der Waals surface area contributed by atoms with Crippen LogP contribution in [0.25, 0.3) is 0 Å².